The van der Waals surface area contributed by atoms with E-state index in [9.17, 15) is 9.59 Å². The van der Waals surface area contributed by atoms with Gasteiger partial charge in [-0.1, -0.05) is 24.3 Å². The molecule has 0 aliphatic rings. The number of imide groups is 1. The minimum Gasteiger partial charge on any atom is -0.351 e. The largest absolute Gasteiger partial charge is 0.351 e. The zero-order valence-corrected chi connectivity index (χ0v) is 10.7. The molecule has 0 aromatic heterocycles. The molecule has 0 spiro atoms. The van der Waals surface area contributed by atoms with Crippen molar-refractivity contribution >= 4 is 23.7 Å². The van der Waals surface area contributed by atoms with Crippen LogP contribution in [0.15, 0.2) is 24.3 Å². The molecule has 1 rings (SSSR count). The average molecular weight is 252 g/mol. The molecule has 1 aromatic rings. The van der Waals surface area contributed by atoms with E-state index in [0.717, 1.165) is 5.75 Å². The summed E-state index contributed by atoms with van der Waals surface area (Å²) in [5.41, 5.74) is 7.27. The summed E-state index contributed by atoms with van der Waals surface area (Å²) in [6.07, 6.45) is 0. The van der Waals surface area contributed by atoms with E-state index in [2.05, 4.69) is 5.32 Å². The van der Waals surface area contributed by atoms with Crippen LogP contribution in [0.5, 0.6) is 0 Å². The maximum absolute atomic E-state index is 11.4. The summed E-state index contributed by atoms with van der Waals surface area (Å²) in [6.45, 7) is 3.78. The minimum absolute atomic E-state index is 0.304. The standard InChI is InChI=1S/C12H16N2O2S/c1-8-5-3-4-6-10(8)7-17-9(2)11(15)14-12(13)16/h3-6,9H,7H2,1-2H3,(H3,13,14,15,16)/t9-/m0/s1. The molecule has 0 bridgehead atoms. The summed E-state index contributed by atoms with van der Waals surface area (Å²) in [5, 5.41) is 1.77. The number of urea groups is 1. The van der Waals surface area contributed by atoms with E-state index in [1.807, 2.05) is 31.2 Å². The van der Waals surface area contributed by atoms with Crippen LogP contribution >= 0.6 is 11.8 Å². The Labute approximate surface area is 105 Å². The van der Waals surface area contributed by atoms with Crippen LogP contribution in [0.25, 0.3) is 0 Å². The molecule has 0 unspecified atom stereocenters. The van der Waals surface area contributed by atoms with Gasteiger partial charge >= 0.3 is 6.03 Å². The van der Waals surface area contributed by atoms with Gasteiger partial charge in [-0.3, -0.25) is 10.1 Å². The van der Waals surface area contributed by atoms with Gasteiger partial charge in [0, 0.05) is 5.75 Å². The van der Waals surface area contributed by atoms with Gasteiger partial charge in [-0.25, -0.2) is 4.79 Å². The Morgan fingerprint density at radius 2 is 2.06 bits per heavy atom. The molecule has 0 aliphatic carbocycles. The fourth-order valence-electron chi connectivity index (χ4n) is 1.29. The highest BCUT2D eigenvalue weighted by Gasteiger charge is 2.14. The molecule has 0 radical (unpaired) electrons. The van der Waals surface area contributed by atoms with E-state index in [1.165, 1.54) is 22.9 Å². The van der Waals surface area contributed by atoms with Crippen molar-refractivity contribution in [3.05, 3.63) is 35.4 Å². The van der Waals surface area contributed by atoms with E-state index in [-0.39, 0.29) is 11.2 Å². The molecule has 3 N–H and O–H groups in total. The normalized spacial score (nSPS) is 11.9. The molecule has 1 aromatic carbocycles. The smallest absolute Gasteiger partial charge is 0.318 e. The van der Waals surface area contributed by atoms with E-state index in [0.29, 0.717) is 0 Å². The van der Waals surface area contributed by atoms with E-state index >= 15 is 0 Å². The van der Waals surface area contributed by atoms with Crippen molar-refractivity contribution in [1.82, 2.24) is 5.32 Å². The molecule has 0 saturated carbocycles. The molecule has 1 atom stereocenters. The van der Waals surface area contributed by atoms with E-state index in [1.54, 1.807) is 6.92 Å². The monoisotopic (exact) mass is 252 g/mol. The number of primary amides is 1. The number of nitrogens with one attached hydrogen (secondary N) is 1. The summed E-state index contributed by atoms with van der Waals surface area (Å²) in [7, 11) is 0. The molecular formula is C12H16N2O2S. The second kappa shape index (κ2) is 6.30. The van der Waals surface area contributed by atoms with Gasteiger partial charge < -0.3 is 5.73 Å². The Morgan fingerprint density at radius 3 is 2.65 bits per heavy atom. The van der Waals surface area contributed by atoms with Crippen molar-refractivity contribution in [2.75, 3.05) is 0 Å². The zero-order valence-electron chi connectivity index (χ0n) is 9.90. The topological polar surface area (TPSA) is 72.2 Å². The Morgan fingerprint density at radius 1 is 1.41 bits per heavy atom. The molecule has 17 heavy (non-hydrogen) atoms. The molecule has 3 amide bonds. The van der Waals surface area contributed by atoms with Crippen molar-refractivity contribution in [1.29, 1.82) is 0 Å². The third kappa shape index (κ3) is 4.48. The zero-order chi connectivity index (χ0) is 12.8. The lowest BCUT2D eigenvalue weighted by Gasteiger charge is -2.11. The van der Waals surface area contributed by atoms with Gasteiger partial charge in [0.2, 0.25) is 5.91 Å². The first kappa shape index (κ1) is 13.6. The first-order valence-electron chi connectivity index (χ1n) is 5.27. The molecule has 92 valence electrons. The first-order chi connectivity index (χ1) is 8.00. The maximum atomic E-state index is 11.4. The summed E-state index contributed by atoms with van der Waals surface area (Å²) in [6, 6.07) is 7.20. The Kier molecular flexibility index (Phi) is 5.03. The first-order valence-corrected chi connectivity index (χ1v) is 6.32. The van der Waals surface area contributed by atoms with Crippen LogP contribution in [-0.2, 0) is 10.5 Å². The van der Waals surface area contributed by atoms with Crippen LogP contribution < -0.4 is 11.1 Å². The number of carbonyl (C=O) groups excluding carboxylic acids is 2. The summed E-state index contributed by atoms with van der Waals surface area (Å²) >= 11 is 1.47. The quantitative estimate of drug-likeness (QED) is 0.858. The van der Waals surface area contributed by atoms with Gasteiger partial charge in [0.15, 0.2) is 0 Å². The van der Waals surface area contributed by atoms with E-state index in [4.69, 9.17) is 5.73 Å². The molecule has 5 heteroatoms. The Bertz CT molecular complexity index is 421. The van der Waals surface area contributed by atoms with Gasteiger partial charge in [-0.05, 0) is 25.0 Å². The molecule has 0 heterocycles. The fourth-order valence-corrected chi connectivity index (χ4v) is 2.25. The number of aryl methyl sites for hydroxylation is 1. The van der Waals surface area contributed by atoms with Crippen LogP contribution in [0.2, 0.25) is 0 Å². The highest BCUT2D eigenvalue weighted by Crippen LogP contribution is 2.19. The van der Waals surface area contributed by atoms with Gasteiger partial charge in [0.1, 0.15) is 0 Å². The van der Waals surface area contributed by atoms with Crippen molar-refractivity contribution in [3.63, 3.8) is 0 Å². The molecule has 0 fully saturated rings. The summed E-state index contributed by atoms with van der Waals surface area (Å²) < 4.78 is 0. The predicted octanol–water partition coefficient (Wildman–Crippen LogP) is 1.81. The maximum Gasteiger partial charge on any atom is 0.318 e. The summed E-state index contributed by atoms with van der Waals surface area (Å²) in [5.74, 6) is 0.385. The number of amides is 3. The number of rotatable bonds is 4. The van der Waals surface area contributed by atoms with Gasteiger partial charge in [0.25, 0.3) is 0 Å². The van der Waals surface area contributed by atoms with Crippen LogP contribution in [0.3, 0.4) is 0 Å². The van der Waals surface area contributed by atoms with Crippen molar-refractivity contribution in [2.45, 2.75) is 24.9 Å². The number of thioether (sulfide) groups is 1. The highest BCUT2D eigenvalue weighted by atomic mass is 32.2. The second-order valence-corrected chi connectivity index (χ2v) is 5.06. The molecule has 4 nitrogen and oxygen atoms in total. The molecular weight excluding hydrogens is 236 g/mol. The number of nitrogens with two attached hydrogens (primary N) is 1. The lowest BCUT2D eigenvalue weighted by Crippen LogP contribution is -2.39. The second-order valence-electron chi connectivity index (χ2n) is 3.73. The average Bonchev–Trinajstić information content (AvgIpc) is 2.26. The number of hydrogen-bond acceptors (Lipinski definition) is 3. The van der Waals surface area contributed by atoms with Crippen LogP contribution in [0.4, 0.5) is 4.79 Å². The molecule has 0 saturated heterocycles. The molecule has 0 aliphatic heterocycles. The number of benzene rings is 1. The minimum atomic E-state index is -0.807. The summed E-state index contributed by atoms with van der Waals surface area (Å²) in [4.78, 5) is 22.0. The fraction of sp³-hybridized carbons (Fsp3) is 0.333. The number of carbonyl (C=O) groups is 2. The SMILES string of the molecule is Cc1ccccc1CS[C@@H](C)C(=O)NC(N)=O. The highest BCUT2D eigenvalue weighted by molar-refractivity contribution is 7.99. The predicted molar refractivity (Wildman–Crippen MR) is 69.7 cm³/mol. The van der Waals surface area contributed by atoms with E-state index < -0.39 is 6.03 Å². The van der Waals surface area contributed by atoms with Crippen LogP contribution in [-0.4, -0.2) is 17.2 Å². The van der Waals surface area contributed by atoms with Gasteiger partial charge in [0.05, 0.1) is 5.25 Å². The third-order valence-electron chi connectivity index (χ3n) is 2.37. The van der Waals surface area contributed by atoms with Crippen molar-refractivity contribution < 1.29 is 9.59 Å². The van der Waals surface area contributed by atoms with Crippen molar-refractivity contribution in [2.24, 2.45) is 5.73 Å². The van der Waals surface area contributed by atoms with Crippen LogP contribution in [0, 0.1) is 6.92 Å². The Hall–Kier alpha value is -1.49. The van der Waals surface area contributed by atoms with Crippen LogP contribution in [0.1, 0.15) is 18.1 Å². The van der Waals surface area contributed by atoms with Crippen molar-refractivity contribution in [3.8, 4) is 0 Å². The van der Waals surface area contributed by atoms with Gasteiger partial charge in [-0.15, -0.1) is 11.8 Å². The van der Waals surface area contributed by atoms with Gasteiger partial charge in [-0.2, -0.15) is 0 Å². The lowest BCUT2D eigenvalue weighted by molar-refractivity contribution is -0.119. The Balaban J connectivity index is 2.48. The lowest BCUT2D eigenvalue weighted by atomic mass is 10.1. The third-order valence-corrected chi connectivity index (χ3v) is 3.56. The number of hydrogen-bond donors (Lipinski definition) is 2.